The summed E-state index contributed by atoms with van der Waals surface area (Å²) >= 11 is 0. The molecule has 0 aliphatic carbocycles. The van der Waals surface area contributed by atoms with Gasteiger partial charge in [-0.2, -0.15) is 0 Å². The van der Waals surface area contributed by atoms with Gasteiger partial charge < -0.3 is 14.5 Å². The number of benzene rings is 1. The van der Waals surface area contributed by atoms with Gasteiger partial charge in [0.15, 0.2) is 0 Å². The third kappa shape index (κ3) is 2.64. The molecule has 22 heavy (non-hydrogen) atoms. The van der Waals surface area contributed by atoms with E-state index in [0.717, 1.165) is 57.4 Å². The van der Waals surface area contributed by atoms with Gasteiger partial charge in [0, 0.05) is 32.2 Å². The SMILES string of the molecule is c1ccc2c(c1)CCN(c1cc(N3CCOCC3)ncn1)C2. The molecule has 0 unspecified atom stereocenters. The van der Waals surface area contributed by atoms with Gasteiger partial charge in [0.1, 0.15) is 18.0 Å². The lowest BCUT2D eigenvalue weighted by Gasteiger charge is -2.31. The minimum Gasteiger partial charge on any atom is -0.378 e. The summed E-state index contributed by atoms with van der Waals surface area (Å²) in [6.45, 7) is 5.29. The number of rotatable bonds is 2. The Morgan fingerprint density at radius 2 is 1.59 bits per heavy atom. The average Bonchev–Trinajstić information content (AvgIpc) is 2.62. The molecular formula is C17H20N4O. The first kappa shape index (κ1) is 13.5. The van der Waals surface area contributed by atoms with Crippen LogP contribution in [-0.4, -0.2) is 42.8 Å². The van der Waals surface area contributed by atoms with Crippen LogP contribution in [0.1, 0.15) is 11.1 Å². The van der Waals surface area contributed by atoms with Crippen molar-refractivity contribution in [1.29, 1.82) is 0 Å². The zero-order chi connectivity index (χ0) is 14.8. The van der Waals surface area contributed by atoms with E-state index >= 15 is 0 Å². The largest absolute Gasteiger partial charge is 0.378 e. The maximum atomic E-state index is 5.41. The van der Waals surface area contributed by atoms with Crippen LogP contribution in [-0.2, 0) is 17.7 Å². The predicted octanol–water partition coefficient (Wildman–Crippen LogP) is 1.88. The van der Waals surface area contributed by atoms with E-state index in [2.05, 4.69) is 50.1 Å². The number of nitrogens with zero attached hydrogens (tertiary/aromatic N) is 4. The highest BCUT2D eigenvalue weighted by atomic mass is 16.5. The summed E-state index contributed by atoms with van der Waals surface area (Å²) < 4.78 is 5.41. The Kier molecular flexibility index (Phi) is 3.64. The van der Waals surface area contributed by atoms with Crippen molar-refractivity contribution in [3.63, 3.8) is 0 Å². The van der Waals surface area contributed by atoms with Crippen LogP contribution in [0.4, 0.5) is 11.6 Å². The molecule has 3 heterocycles. The molecule has 5 heteroatoms. The van der Waals surface area contributed by atoms with Crippen LogP contribution >= 0.6 is 0 Å². The average molecular weight is 296 g/mol. The second-order valence-corrected chi connectivity index (χ2v) is 5.77. The van der Waals surface area contributed by atoms with Gasteiger partial charge in [0.25, 0.3) is 0 Å². The Labute approximate surface area is 130 Å². The summed E-state index contributed by atoms with van der Waals surface area (Å²) in [5, 5.41) is 0. The highest BCUT2D eigenvalue weighted by Gasteiger charge is 2.19. The Balaban J connectivity index is 1.56. The highest BCUT2D eigenvalue weighted by molar-refractivity contribution is 5.52. The van der Waals surface area contributed by atoms with Crippen molar-refractivity contribution in [3.8, 4) is 0 Å². The van der Waals surface area contributed by atoms with E-state index in [-0.39, 0.29) is 0 Å². The number of ether oxygens (including phenoxy) is 1. The third-order valence-electron chi connectivity index (χ3n) is 4.43. The van der Waals surface area contributed by atoms with E-state index in [1.54, 1.807) is 6.33 Å². The third-order valence-corrected chi connectivity index (χ3v) is 4.43. The molecule has 2 aliphatic heterocycles. The molecule has 5 nitrogen and oxygen atoms in total. The molecule has 2 aliphatic rings. The van der Waals surface area contributed by atoms with Crippen molar-refractivity contribution in [3.05, 3.63) is 47.8 Å². The molecule has 1 aromatic carbocycles. The highest BCUT2D eigenvalue weighted by Crippen LogP contribution is 2.25. The van der Waals surface area contributed by atoms with E-state index in [4.69, 9.17) is 4.74 Å². The molecule has 4 rings (SSSR count). The Bertz CT molecular complexity index is 655. The van der Waals surface area contributed by atoms with Gasteiger partial charge in [-0.15, -0.1) is 0 Å². The van der Waals surface area contributed by atoms with Gasteiger partial charge >= 0.3 is 0 Å². The number of aromatic nitrogens is 2. The molecule has 1 saturated heterocycles. The molecule has 114 valence electrons. The first-order valence-corrected chi connectivity index (χ1v) is 7.86. The standard InChI is InChI=1S/C17H20N4O/c1-2-4-15-12-21(6-5-14(15)3-1)17-11-16(18-13-19-17)20-7-9-22-10-8-20/h1-4,11,13H,5-10,12H2. The minimum atomic E-state index is 0.774. The molecule has 0 amide bonds. The van der Waals surface area contributed by atoms with Crippen LogP contribution in [0.5, 0.6) is 0 Å². The minimum absolute atomic E-state index is 0.774. The number of morpholine rings is 1. The molecular weight excluding hydrogens is 276 g/mol. The summed E-state index contributed by atoms with van der Waals surface area (Å²) in [6.07, 6.45) is 2.76. The molecule has 0 spiro atoms. The number of hydrogen-bond donors (Lipinski definition) is 0. The summed E-state index contributed by atoms with van der Waals surface area (Å²) in [6, 6.07) is 10.8. The van der Waals surface area contributed by atoms with Crippen LogP contribution < -0.4 is 9.80 Å². The first-order chi connectivity index (χ1) is 10.9. The fourth-order valence-electron chi connectivity index (χ4n) is 3.17. The van der Waals surface area contributed by atoms with E-state index in [1.807, 2.05) is 0 Å². The van der Waals surface area contributed by atoms with E-state index in [0.29, 0.717) is 0 Å². The predicted molar refractivity (Wildman–Crippen MR) is 86.3 cm³/mol. The molecule has 0 bridgehead atoms. The molecule has 1 aromatic heterocycles. The maximum Gasteiger partial charge on any atom is 0.134 e. The summed E-state index contributed by atoms with van der Waals surface area (Å²) in [5.74, 6) is 2.03. The van der Waals surface area contributed by atoms with Gasteiger partial charge in [-0.05, 0) is 17.5 Å². The Morgan fingerprint density at radius 3 is 2.41 bits per heavy atom. The van der Waals surface area contributed by atoms with Crippen LogP contribution in [0.15, 0.2) is 36.7 Å². The lowest BCUT2D eigenvalue weighted by Crippen LogP contribution is -2.37. The van der Waals surface area contributed by atoms with E-state index in [9.17, 15) is 0 Å². The molecule has 0 N–H and O–H groups in total. The van der Waals surface area contributed by atoms with Crippen LogP contribution in [0.2, 0.25) is 0 Å². The fourth-order valence-corrected chi connectivity index (χ4v) is 3.17. The van der Waals surface area contributed by atoms with Crippen molar-refractivity contribution < 1.29 is 4.74 Å². The van der Waals surface area contributed by atoms with Crippen molar-refractivity contribution in [2.45, 2.75) is 13.0 Å². The van der Waals surface area contributed by atoms with Gasteiger partial charge in [-0.25, -0.2) is 9.97 Å². The molecule has 0 atom stereocenters. The van der Waals surface area contributed by atoms with Crippen molar-refractivity contribution in [1.82, 2.24) is 9.97 Å². The smallest absolute Gasteiger partial charge is 0.134 e. The quantitative estimate of drug-likeness (QED) is 0.846. The number of fused-ring (bicyclic) bond motifs is 1. The Hall–Kier alpha value is -2.14. The summed E-state index contributed by atoms with van der Waals surface area (Å²) in [5.41, 5.74) is 2.86. The number of hydrogen-bond acceptors (Lipinski definition) is 5. The molecule has 0 saturated carbocycles. The first-order valence-electron chi connectivity index (χ1n) is 7.86. The zero-order valence-corrected chi connectivity index (χ0v) is 12.6. The van der Waals surface area contributed by atoms with Crippen molar-refractivity contribution in [2.24, 2.45) is 0 Å². The maximum absolute atomic E-state index is 5.41. The summed E-state index contributed by atoms with van der Waals surface area (Å²) in [7, 11) is 0. The topological polar surface area (TPSA) is 41.5 Å². The van der Waals surface area contributed by atoms with Gasteiger partial charge in [-0.1, -0.05) is 24.3 Å². The summed E-state index contributed by atoms with van der Waals surface area (Å²) in [4.78, 5) is 13.5. The lowest BCUT2D eigenvalue weighted by molar-refractivity contribution is 0.122. The van der Waals surface area contributed by atoms with E-state index < -0.39 is 0 Å². The van der Waals surface area contributed by atoms with E-state index in [1.165, 1.54) is 11.1 Å². The van der Waals surface area contributed by atoms with Crippen molar-refractivity contribution in [2.75, 3.05) is 42.6 Å². The molecule has 1 fully saturated rings. The van der Waals surface area contributed by atoms with Gasteiger partial charge in [-0.3, -0.25) is 0 Å². The second-order valence-electron chi connectivity index (χ2n) is 5.77. The van der Waals surface area contributed by atoms with Crippen molar-refractivity contribution >= 4 is 11.6 Å². The van der Waals surface area contributed by atoms with Crippen LogP contribution in [0.25, 0.3) is 0 Å². The van der Waals surface area contributed by atoms with Gasteiger partial charge in [0.2, 0.25) is 0 Å². The fraction of sp³-hybridized carbons (Fsp3) is 0.412. The number of anilines is 2. The molecule has 0 radical (unpaired) electrons. The zero-order valence-electron chi connectivity index (χ0n) is 12.6. The van der Waals surface area contributed by atoms with Gasteiger partial charge in [0.05, 0.1) is 13.2 Å². The van der Waals surface area contributed by atoms with Crippen LogP contribution in [0, 0.1) is 0 Å². The Morgan fingerprint density at radius 1 is 0.864 bits per heavy atom. The second kappa shape index (κ2) is 5.93. The molecule has 2 aromatic rings. The monoisotopic (exact) mass is 296 g/mol. The van der Waals surface area contributed by atoms with Crippen LogP contribution in [0.3, 0.4) is 0 Å². The lowest BCUT2D eigenvalue weighted by atomic mass is 10.00. The normalized spacial score (nSPS) is 18.2.